The minimum Gasteiger partial charge on any atom is -0.493 e. The molecule has 26 heavy (non-hydrogen) atoms. The van der Waals surface area contributed by atoms with E-state index in [2.05, 4.69) is 11.9 Å². The van der Waals surface area contributed by atoms with Gasteiger partial charge in [0.2, 0.25) is 5.56 Å². The Morgan fingerprint density at radius 2 is 1.92 bits per heavy atom. The number of amides is 1. The number of benzene rings is 2. The average Bonchev–Trinajstić information content (AvgIpc) is 2.67. The van der Waals surface area contributed by atoms with E-state index in [1.165, 1.54) is 18.3 Å². The maximum Gasteiger partial charge on any atom is 0.255 e. The van der Waals surface area contributed by atoms with Gasteiger partial charge in [-0.3, -0.25) is 9.59 Å². The van der Waals surface area contributed by atoms with Gasteiger partial charge in [-0.05, 0) is 29.3 Å². The first-order chi connectivity index (χ1) is 12.6. The summed E-state index contributed by atoms with van der Waals surface area (Å²) in [7, 11) is 1.75. The van der Waals surface area contributed by atoms with Crippen LogP contribution in [0.2, 0.25) is 0 Å². The van der Waals surface area contributed by atoms with Gasteiger partial charge in [0.1, 0.15) is 5.75 Å². The molecule has 0 spiro atoms. The lowest BCUT2D eigenvalue weighted by atomic mass is 10.0. The molecule has 0 aliphatic heterocycles. The van der Waals surface area contributed by atoms with Gasteiger partial charge in [-0.25, -0.2) is 0 Å². The van der Waals surface area contributed by atoms with Crippen molar-refractivity contribution in [1.82, 2.24) is 9.88 Å². The van der Waals surface area contributed by atoms with Crippen LogP contribution in [0.25, 0.3) is 10.8 Å². The molecule has 1 amide bonds. The summed E-state index contributed by atoms with van der Waals surface area (Å²) < 4.78 is 5.91. The second kappa shape index (κ2) is 7.87. The predicted octanol–water partition coefficient (Wildman–Crippen LogP) is 3.59. The number of fused-ring (bicyclic) bond motifs is 1. The van der Waals surface area contributed by atoms with Gasteiger partial charge in [-0.15, -0.1) is 0 Å². The highest BCUT2D eigenvalue weighted by atomic mass is 16.5. The fraction of sp³-hybridized carbons (Fsp3) is 0.238. The fourth-order valence-electron chi connectivity index (χ4n) is 2.90. The lowest BCUT2D eigenvalue weighted by molar-refractivity contribution is 0.0784. The van der Waals surface area contributed by atoms with Crippen molar-refractivity contribution in [3.8, 4) is 5.75 Å². The Morgan fingerprint density at radius 3 is 2.65 bits per heavy atom. The maximum absolute atomic E-state index is 12.7. The van der Waals surface area contributed by atoms with Crippen LogP contribution in [0.15, 0.2) is 59.5 Å². The van der Waals surface area contributed by atoms with Crippen LogP contribution in [0.3, 0.4) is 0 Å². The molecule has 3 rings (SSSR count). The summed E-state index contributed by atoms with van der Waals surface area (Å²) in [4.78, 5) is 28.1. The quantitative estimate of drug-likeness (QED) is 0.739. The molecule has 134 valence electrons. The topological polar surface area (TPSA) is 62.4 Å². The van der Waals surface area contributed by atoms with Crippen molar-refractivity contribution in [1.29, 1.82) is 0 Å². The van der Waals surface area contributed by atoms with E-state index in [0.717, 1.165) is 28.5 Å². The van der Waals surface area contributed by atoms with Crippen LogP contribution in [-0.4, -0.2) is 29.4 Å². The van der Waals surface area contributed by atoms with Gasteiger partial charge in [0.25, 0.3) is 5.91 Å². The van der Waals surface area contributed by atoms with Gasteiger partial charge in [-0.1, -0.05) is 37.3 Å². The van der Waals surface area contributed by atoms with Crippen molar-refractivity contribution in [2.75, 3.05) is 13.7 Å². The Hall–Kier alpha value is -3.08. The Bertz CT molecular complexity index is 958. The number of aromatic amines is 1. The number of carbonyl (C=O) groups excluding carboxylic acids is 1. The van der Waals surface area contributed by atoms with Crippen LogP contribution >= 0.6 is 0 Å². The number of nitrogens with zero attached hydrogens (tertiary/aromatic N) is 1. The molecule has 1 aromatic heterocycles. The predicted molar refractivity (Wildman–Crippen MR) is 103 cm³/mol. The number of nitrogens with one attached hydrogen (secondary N) is 1. The molecule has 0 fully saturated rings. The molecule has 5 nitrogen and oxygen atoms in total. The monoisotopic (exact) mass is 350 g/mol. The highest BCUT2D eigenvalue weighted by molar-refractivity contribution is 5.94. The van der Waals surface area contributed by atoms with Gasteiger partial charge in [0, 0.05) is 31.4 Å². The highest BCUT2D eigenvalue weighted by Gasteiger charge is 2.16. The molecule has 0 atom stereocenters. The van der Waals surface area contributed by atoms with Crippen molar-refractivity contribution in [2.24, 2.45) is 0 Å². The number of pyridine rings is 1. The first-order valence-corrected chi connectivity index (χ1v) is 8.67. The Morgan fingerprint density at radius 1 is 1.12 bits per heavy atom. The third-order valence-electron chi connectivity index (χ3n) is 4.23. The third-order valence-corrected chi connectivity index (χ3v) is 4.23. The van der Waals surface area contributed by atoms with Gasteiger partial charge in [0.15, 0.2) is 0 Å². The molecule has 1 N–H and O–H groups in total. The Labute approximate surface area is 152 Å². The van der Waals surface area contributed by atoms with E-state index in [1.54, 1.807) is 11.9 Å². The highest BCUT2D eigenvalue weighted by Crippen LogP contribution is 2.29. The number of hydrogen-bond donors (Lipinski definition) is 1. The normalized spacial score (nSPS) is 10.7. The number of H-pyrrole nitrogens is 1. The van der Waals surface area contributed by atoms with Gasteiger partial charge in [-0.2, -0.15) is 0 Å². The van der Waals surface area contributed by atoms with Crippen LogP contribution < -0.4 is 10.3 Å². The molecule has 0 aliphatic carbocycles. The maximum atomic E-state index is 12.7. The summed E-state index contributed by atoms with van der Waals surface area (Å²) in [6.45, 7) is 3.10. The van der Waals surface area contributed by atoms with E-state index >= 15 is 0 Å². The molecule has 0 saturated carbocycles. The third kappa shape index (κ3) is 3.77. The Balaban J connectivity index is 1.94. The smallest absolute Gasteiger partial charge is 0.255 e. The Kier molecular flexibility index (Phi) is 5.37. The summed E-state index contributed by atoms with van der Waals surface area (Å²) >= 11 is 0. The van der Waals surface area contributed by atoms with Crippen molar-refractivity contribution in [3.63, 3.8) is 0 Å². The molecular formula is C21H22N2O3. The molecule has 2 aromatic carbocycles. The first kappa shape index (κ1) is 17.7. The minimum atomic E-state index is -0.228. The van der Waals surface area contributed by atoms with Crippen molar-refractivity contribution in [2.45, 2.75) is 19.9 Å². The van der Waals surface area contributed by atoms with Crippen molar-refractivity contribution >= 4 is 16.7 Å². The van der Waals surface area contributed by atoms with Crippen LogP contribution in [0, 0.1) is 0 Å². The summed E-state index contributed by atoms with van der Waals surface area (Å²) in [5.74, 6) is 0.641. The van der Waals surface area contributed by atoms with E-state index in [0.29, 0.717) is 18.7 Å². The van der Waals surface area contributed by atoms with Crippen molar-refractivity contribution < 1.29 is 9.53 Å². The molecule has 5 heteroatoms. The zero-order valence-electron chi connectivity index (χ0n) is 15.0. The summed E-state index contributed by atoms with van der Waals surface area (Å²) in [6, 6.07) is 15.0. The molecule has 0 bridgehead atoms. The van der Waals surface area contributed by atoms with Crippen molar-refractivity contribution in [3.05, 3.63) is 76.2 Å². The lowest BCUT2D eigenvalue weighted by Crippen LogP contribution is -2.27. The lowest BCUT2D eigenvalue weighted by Gasteiger charge is -2.21. The molecule has 0 radical (unpaired) electrons. The number of rotatable bonds is 6. The summed E-state index contributed by atoms with van der Waals surface area (Å²) in [5, 5.41) is 2.18. The minimum absolute atomic E-state index is 0.157. The summed E-state index contributed by atoms with van der Waals surface area (Å²) in [6.07, 6.45) is 2.36. The standard InChI is InChI=1S/C21H22N2O3/c1-3-12-26-19-10-8-15-6-4-5-7-17(15)18(19)14-23(2)21(25)16-9-11-20(24)22-13-16/h4-11,13H,3,12,14H2,1-2H3,(H,22,24). The van der Waals surface area contributed by atoms with E-state index in [1.807, 2.05) is 36.4 Å². The van der Waals surface area contributed by atoms with Gasteiger partial charge >= 0.3 is 0 Å². The van der Waals surface area contributed by atoms with Crippen LogP contribution in [0.4, 0.5) is 0 Å². The van der Waals surface area contributed by atoms with Gasteiger partial charge < -0.3 is 14.6 Å². The molecule has 0 unspecified atom stereocenters. The SMILES string of the molecule is CCCOc1ccc2ccccc2c1CN(C)C(=O)c1ccc(=O)[nH]c1. The first-order valence-electron chi connectivity index (χ1n) is 8.67. The summed E-state index contributed by atoms with van der Waals surface area (Å²) in [5.41, 5.74) is 1.20. The van der Waals surface area contributed by atoms with Gasteiger partial charge in [0.05, 0.1) is 12.2 Å². The molecule has 0 aliphatic rings. The zero-order chi connectivity index (χ0) is 18.5. The number of aromatic nitrogens is 1. The largest absolute Gasteiger partial charge is 0.493 e. The second-order valence-corrected chi connectivity index (χ2v) is 6.21. The number of ether oxygens (including phenoxy) is 1. The van der Waals surface area contributed by atoms with E-state index in [4.69, 9.17) is 4.74 Å². The second-order valence-electron chi connectivity index (χ2n) is 6.21. The van der Waals surface area contributed by atoms with E-state index in [9.17, 15) is 9.59 Å². The number of carbonyl (C=O) groups is 1. The van der Waals surface area contributed by atoms with E-state index in [-0.39, 0.29) is 11.5 Å². The average molecular weight is 350 g/mol. The van der Waals surface area contributed by atoms with Crippen LogP contribution in [0.5, 0.6) is 5.75 Å². The molecule has 3 aromatic rings. The molecule has 0 saturated heterocycles. The van der Waals surface area contributed by atoms with E-state index < -0.39 is 0 Å². The van der Waals surface area contributed by atoms with Crippen LogP contribution in [-0.2, 0) is 6.54 Å². The molecular weight excluding hydrogens is 328 g/mol. The number of hydrogen-bond acceptors (Lipinski definition) is 3. The fourth-order valence-corrected chi connectivity index (χ4v) is 2.90. The molecule has 1 heterocycles. The zero-order valence-corrected chi connectivity index (χ0v) is 15.0. The van der Waals surface area contributed by atoms with Crippen LogP contribution in [0.1, 0.15) is 29.3 Å².